The molecule has 1 aromatic carbocycles. The highest BCUT2D eigenvalue weighted by Crippen LogP contribution is 2.17. The van der Waals surface area contributed by atoms with Crippen LogP contribution >= 0.6 is 0 Å². The van der Waals surface area contributed by atoms with Crippen LogP contribution in [0.2, 0.25) is 0 Å². The fourth-order valence-corrected chi connectivity index (χ4v) is 2.13. The first-order chi connectivity index (χ1) is 9.50. The summed E-state index contributed by atoms with van der Waals surface area (Å²) in [7, 11) is 1.88. The van der Waals surface area contributed by atoms with E-state index in [-0.39, 0.29) is 11.9 Å². The zero-order valence-electron chi connectivity index (χ0n) is 12.0. The maximum Gasteiger partial charge on any atom is 0.241 e. The Morgan fingerprint density at radius 3 is 2.55 bits per heavy atom. The topological polar surface area (TPSA) is 72.9 Å². The molecule has 3 N–H and O–H groups in total. The highest BCUT2D eigenvalue weighted by molar-refractivity contribution is 5.83. The van der Waals surface area contributed by atoms with Crippen LogP contribution in [0.5, 0.6) is 0 Å². The summed E-state index contributed by atoms with van der Waals surface area (Å²) in [5.41, 5.74) is 8.82. The number of nitrogens with one attached hydrogen (secondary N) is 1. The Balaban J connectivity index is 2.06. The lowest BCUT2D eigenvalue weighted by atomic mass is 10.1. The van der Waals surface area contributed by atoms with E-state index in [9.17, 15) is 4.79 Å². The van der Waals surface area contributed by atoms with Gasteiger partial charge in [0.15, 0.2) is 0 Å². The molecule has 1 heterocycles. The molecule has 1 amide bonds. The second kappa shape index (κ2) is 5.88. The number of hydrogen-bond donors (Lipinski definition) is 2. The Kier molecular flexibility index (Phi) is 4.20. The number of amides is 1. The van der Waals surface area contributed by atoms with E-state index in [4.69, 9.17) is 5.73 Å². The largest absolute Gasteiger partial charge is 0.348 e. The lowest BCUT2D eigenvalue weighted by Crippen LogP contribution is -2.35. The maximum atomic E-state index is 12.2. The van der Waals surface area contributed by atoms with Gasteiger partial charge in [-0.2, -0.15) is 5.10 Å². The number of hydrogen-bond acceptors (Lipinski definition) is 3. The molecule has 20 heavy (non-hydrogen) atoms. The van der Waals surface area contributed by atoms with E-state index in [0.29, 0.717) is 0 Å². The third kappa shape index (κ3) is 2.88. The van der Waals surface area contributed by atoms with E-state index in [1.54, 1.807) is 10.9 Å². The van der Waals surface area contributed by atoms with Gasteiger partial charge in [0, 0.05) is 18.3 Å². The lowest BCUT2D eigenvalue weighted by Gasteiger charge is -2.17. The molecule has 5 heteroatoms. The van der Waals surface area contributed by atoms with Gasteiger partial charge < -0.3 is 11.1 Å². The molecule has 0 saturated carbocycles. The summed E-state index contributed by atoms with van der Waals surface area (Å²) in [4.78, 5) is 12.2. The number of nitrogens with two attached hydrogens (primary N) is 1. The number of carbonyl (C=O) groups is 1. The first kappa shape index (κ1) is 14.3. The fourth-order valence-electron chi connectivity index (χ4n) is 2.13. The van der Waals surface area contributed by atoms with Crippen molar-refractivity contribution < 1.29 is 4.79 Å². The molecule has 0 aliphatic heterocycles. The SMILES string of the molecule is Cc1c(C(C)NC(=O)[C@@H](N)c2ccccc2)cnn1C. The molecule has 2 aromatic rings. The molecule has 0 spiro atoms. The Bertz CT molecular complexity index is 591. The van der Waals surface area contributed by atoms with Gasteiger partial charge in [-0.05, 0) is 19.4 Å². The van der Waals surface area contributed by atoms with Crippen molar-refractivity contribution in [2.45, 2.75) is 25.9 Å². The van der Waals surface area contributed by atoms with Crippen molar-refractivity contribution in [3.8, 4) is 0 Å². The molecule has 2 atom stereocenters. The molecule has 5 nitrogen and oxygen atoms in total. The van der Waals surface area contributed by atoms with Crippen molar-refractivity contribution in [2.24, 2.45) is 12.8 Å². The van der Waals surface area contributed by atoms with E-state index in [0.717, 1.165) is 16.8 Å². The summed E-state index contributed by atoms with van der Waals surface area (Å²) in [6, 6.07) is 8.57. The van der Waals surface area contributed by atoms with Gasteiger partial charge in [-0.1, -0.05) is 30.3 Å². The monoisotopic (exact) mass is 272 g/mol. The first-order valence-corrected chi connectivity index (χ1v) is 6.60. The van der Waals surface area contributed by atoms with Crippen LogP contribution in [0.1, 0.15) is 35.8 Å². The Morgan fingerprint density at radius 1 is 1.35 bits per heavy atom. The van der Waals surface area contributed by atoms with Gasteiger partial charge in [0.05, 0.1) is 12.2 Å². The molecule has 0 saturated heterocycles. The Hall–Kier alpha value is -2.14. The molecule has 0 bridgehead atoms. The van der Waals surface area contributed by atoms with Crippen LogP contribution in [-0.2, 0) is 11.8 Å². The van der Waals surface area contributed by atoms with Gasteiger partial charge in [0.25, 0.3) is 0 Å². The molecule has 0 aliphatic carbocycles. The van der Waals surface area contributed by atoms with Crippen molar-refractivity contribution in [1.29, 1.82) is 0 Å². The summed E-state index contributed by atoms with van der Waals surface area (Å²) >= 11 is 0. The van der Waals surface area contributed by atoms with Gasteiger partial charge in [0.2, 0.25) is 5.91 Å². The van der Waals surface area contributed by atoms with Gasteiger partial charge in [-0.3, -0.25) is 9.48 Å². The van der Waals surface area contributed by atoms with Gasteiger partial charge in [0.1, 0.15) is 6.04 Å². The van der Waals surface area contributed by atoms with Crippen molar-refractivity contribution in [3.63, 3.8) is 0 Å². The smallest absolute Gasteiger partial charge is 0.241 e. The third-order valence-corrected chi connectivity index (χ3v) is 3.54. The number of aromatic nitrogens is 2. The van der Waals surface area contributed by atoms with E-state index < -0.39 is 6.04 Å². The molecular weight excluding hydrogens is 252 g/mol. The highest BCUT2D eigenvalue weighted by Gasteiger charge is 2.20. The molecule has 0 fully saturated rings. The van der Waals surface area contributed by atoms with E-state index in [1.807, 2.05) is 51.2 Å². The molecule has 0 radical (unpaired) electrons. The minimum Gasteiger partial charge on any atom is -0.348 e. The normalized spacial score (nSPS) is 13.8. The van der Waals surface area contributed by atoms with Crippen molar-refractivity contribution in [3.05, 3.63) is 53.3 Å². The second-order valence-corrected chi connectivity index (χ2v) is 4.93. The van der Waals surface area contributed by atoms with Crippen LogP contribution in [0.15, 0.2) is 36.5 Å². The quantitative estimate of drug-likeness (QED) is 0.888. The number of aryl methyl sites for hydroxylation is 1. The average molecular weight is 272 g/mol. The van der Waals surface area contributed by atoms with Gasteiger partial charge in [-0.25, -0.2) is 0 Å². The first-order valence-electron chi connectivity index (χ1n) is 6.60. The van der Waals surface area contributed by atoms with Crippen LogP contribution in [-0.4, -0.2) is 15.7 Å². The third-order valence-electron chi connectivity index (χ3n) is 3.54. The molecular formula is C15H20N4O. The predicted octanol–water partition coefficient (Wildman–Crippen LogP) is 1.61. The summed E-state index contributed by atoms with van der Waals surface area (Å²) in [6.45, 7) is 3.90. The molecule has 2 rings (SSSR count). The van der Waals surface area contributed by atoms with Gasteiger partial charge in [-0.15, -0.1) is 0 Å². The number of nitrogens with zero attached hydrogens (tertiary/aromatic N) is 2. The molecule has 1 unspecified atom stereocenters. The number of benzene rings is 1. The Morgan fingerprint density at radius 2 is 2.00 bits per heavy atom. The van der Waals surface area contributed by atoms with Crippen LogP contribution in [0, 0.1) is 6.92 Å². The van der Waals surface area contributed by atoms with Crippen LogP contribution < -0.4 is 11.1 Å². The van der Waals surface area contributed by atoms with Gasteiger partial charge >= 0.3 is 0 Å². The van der Waals surface area contributed by atoms with E-state index in [1.165, 1.54) is 0 Å². The summed E-state index contributed by atoms with van der Waals surface area (Å²) < 4.78 is 1.79. The van der Waals surface area contributed by atoms with Crippen molar-refractivity contribution in [2.75, 3.05) is 0 Å². The van der Waals surface area contributed by atoms with Crippen LogP contribution in [0.4, 0.5) is 0 Å². The summed E-state index contributed by atoms with van der Waals surface area (Å²) in [5.74, 6) is -0.188. The highest BCUT2D eigenvalue weighted by atomic mass is 16.2. The fraction of sp³-hybridized carbons (Fsp3) is 0.333. The zero-order valence-corrected chi connectivity index (χ0v) is 12.0. The maximum absolute atomic E-state index is 12.2. The Labute approximate surface area is 118 Å². The van der Waals surface area contributed by atoms with E-state index >= 15 is 0 Å². The zero-order chi connectivity index (χ0) is 14.7. The van der Waals surface area contributed by atoms with Crippen molar-refractivity contribution in [1.82, 2.24) is 15.1 Å². The minimum atomic E-state index is -0.657. The minimum absolute atomic E-state index is 0.119. The standard InChI is InChI=1S/C15H20N4O/c1-10(13-9-17-19(3)11(13)2)18-15(20)14(16)12-7-5-4-6-8-12/h4-10,14H,16H2,1-3H3,(H,18,20)/t10?,14-/m0/s1. The van der Waals surface area contributed by atoms with Crippen LogP contribution in [0.25, 0.3) is 0 Å². The predicted molar refractivity (Wildman–Crippen MR) is 77.9 cm³/mol. The lowest BCUT2D eigenvalue weighted by molar-refractivity contribution is -0.123. The van der Waals surface area contributed by atoms with Crippen molar-refractivity contribution >= 4 is 5.91 Å². The summed E-state index contributed by atoms with van der Waals surface area (Å²) in [6.07, 6.45) is 1.77. The van der Waals surface area contributed by atoms with E-state index in [2.05, 4.69) is 10.4 Å². The number of carbonyl (C=O) groups excluding carboxylic acids is 1. The van der Waals surface area contributed by atoms with Crippen LogP contribution in [0.3, 0.4) is 0 Å². The summed E-state index contributed by atoms with van der Waals surface area (Å²) in [5, 5.41) is 7.11. The molecule has 106 valence electrons. The molecule has 1 aromatic heterocycles. The molecule has 0 aliphatic rings. The second-order valence-electron chi connectivity index (χ2n) is 4.93. The average Bonchev–Trinajstić information content (AvgIpc) is 2.79. The number of rotatable bonds is 4.